The number of benzene rings is 1. The van der Waals surface area contributed by atoms with Gasteiger partial charge in [-0.1, -0.05) is 6.92 Å². The van der Waals surface area contributed by atoms with E-state index in [9.17, 15) is 14.9 Å². The maximum absolute atomic E-state index is 11.9. The summed E-state index contributed by atoms with van der Waals surface area (Å²) >= 11 is 0. The summed E-state index contributed by atoms with van der Waals surface area (Å²) in [6, 6.07) is 4.48. The third-order valence-corrected chi connectivity index (χ3v) is 3.54. The second kappa shape index (κ2) is 7.74. The highest BCUT2D eigenvalue weighted by Gasteiger charge is 2.20. The fourth-order valence-corrected chi connectivity index (χ4v) is 2.34. The van der Waals surface area contributed by atoms with Crippen molar-refractivity contribution in [3.63, 3.8) is 0 Å². The molecule has 1 amide bonds. The lowest BCUT2D eigenvalue weighted by Crippen LogP contribution is -2.24. The van der Waals surface area contributed by atoms with Gasteiger partial charge in [0.1, 0.15) is 5.69 Å². The van der Waals surface area contributed by atoms with Crippen LogP contribution in [0.3, 0.4) is 0 Å². The van der Waals surface area contributed by atoms with E-state index in [2.05, 4.69) is 10.6 Å². The molecule has 7 nitrogen and oxygen atoms in total. The molecule has 120 valence electrons. The minimum absolute atomic E-state index is 0.0899. The highest BCUT2D eigenvalue weighted by molar-refractivity contribution is 5.95. The van der Waals surface area contributed by atoms with Crippen LogP contribution in [-0.2, 0) is 4.74 Å². The highest BCUT2D eigenvalue weighted by Crippen LogP contribution is 2.26. The molecular formula is C15H21N3O4. The van der Waals surface area contributed by atoms with E-state index >= 15 is 0 Å². The molecule has 7 heteroatoms. The van der Waals surface area contributed by atoms with E-state index in [0.29, 0.717) is 24.3 Å². The third-order valence-electron chi connectivity index (χ3n) is 3.54. The second-order valence-corrected chi connectivity index (χ2v) is 5.26. The largest absolute Gasteiger partial charge is 0.377 e. The second-order valence-electron chi connectivity index (χ2n) is 5.26. The maximum atomic E-state index is 11.9. The van der Waals surface area contributed by atoms with E-state index in [1.807, 2.05) is 6.92 Å². The fourth-order valence-electron chi connectivity index (χ4n) is 2.34. The van der Waals surface area contributed by atoms with Crippen LogP contribution >= 0.6 is 0 Å². The molecule has 1 aliphatic rings. The molecule has 0 bridgehead atoms. The first kappa shape index (κ1) is 16.2. The Morgan fingerprint density at radius 3 is 2.95 bits per heavy atom. The number of nitro benzene ring substituents is 1. The summed E-state index contributed by atoms with van der Waals surface area (Å²) in [6.07, 6.45) is 2.88. The van der Waals surface area contributed by atoms with E-state index in [1.54, 1.807) is 12.1 Å². The lowest BCUT2D eigenvalue weighted by molar-refractivity contribution is -0.384. The van der Waals surface area contributed by atoms with E-state index in [1.165, 1.54) is 6.07 Å². The van der Waals surface area contributed by atoms with Gasteiger partial charge in [0, 0.05) is 31.3 Å². The molecule has 22 heavy (non-hydrogen) atoms. The number of ether oxygens (including phenoxy) is 1. The predicted octanol–water partition coefficient (Wildman–Crippen LogP) is 2.33. The molecule has 0 saturated carbocycles. The van der Waals surface area contributed by atoms with Crippen molar-refractivity contribution < 1.29 is 14.5 Å². The number of anilines is 1. The normalized spacial score (nSPS) is 17.2. The summed E-state index contributed by atoms with van der Waals surface area (Å²) in [5.41, 5.74) is 0.609. The van der Waals surface area contributed by atoms with Gasteiger partial charge < -0.3 is 15.4 Å². The topological polar surface area (TPSA) is 93.5 Å². The first-order valence-electron chi connectivity index (χ1n) is 7.54. The summed E-state index contributed by atoms with van der Waals surface area (Å²) in [5.74, 6) is -0.296. The quantitative estimate of drug-likeness (QED) is 0.595. The number of nitro groups is 1. The Balaban J connectivity index is 2.09. The number of carbonyl (C=O) groups is 1. The van der Waals surface area contributed by atoms with Crippen LogP contribution in [-0.4, -0.2) is 36.6 Å². The van der Waals surface area contributed by atoms with Crippen LogP contribution < -0.4 is 10.6 Å². The van der Waals surface area contributed by atoms with Gasteiger partial charge in [-0.25, -0.2) is 0 Å². The summed E-state index contributed by atoms with van der Waals surface area (Å²) in [5, 5.41) is 17.0. The zero-order valence-electron chi connectivity index (χ0n) is 12.6. The average Bonchev–Trinajstić information content (AvgIpc) is 3.03. The van der Waals surface area contributed by atoms with Crippen molar-refractivity contribution in [2.75, 3.05) is 25.0 Å². The molecule has 0 unspecified atom stereocenters. The van der Waals surface area contributed by atoms with Gasteiger partial charge in [0.15, 0.2) is 0 Å². The Morgan fingerprint density at radius 2 is 2.32 bits per heavy atom. The van der Waals surface area contributed by atoms with Crippen LogP contribution in [0.15, 0.2) is 18.2 Å². The van der Waals surface area contributed by atoms with Crippen LogP contribution in [0.1, 0.15) is 36.5 Å². The van der Waals surface area contributed by atoms with E-state index < -0.39 is 4.92 Å². The van der Waals surface area contributed by atoms with Crippen LogP contribution in [0.25, 0.3) is 0 Å². The summed E-state index contributed by atoms with van der Waals surface area (Å²) in [7, 11) is 0. The van der Waals surface area contributed by atoms with E-state index in [-0.39, 0.29) is 17.7 Å². The number of hydrogen-bond acceptors (Lipinski definition) is 5. The van der Waals surface area contributed by atoms with Crippen molar-refractivity contribution in [3.05, 3.63) is 33.9 Å². The molecule has 0 radical (unpaired) electrons. The van der Waals surface area contributed by atoms with Gasteiger partial charge in [0.05, 0.1) is 11.0 Å². The Bertz CT molecular complexity index is 542. The first-order valence-corrected chi connectivity index (χ1v) is 7.54. The third kappa shape index (κ3) is 4.17. The molecule has 1 atom stereocenters. The van der Waals surface area contributed by atoms with Crippen LogP contribution in [0, 0.1) is 10.1 Å². The Kier molecular flexibility index (Phi) is 5.71. The molecule has 0 aromatic heterocycles. The molecular weight excluding hydrogens is 286 g/mol. The van der Waals surface area contributed by atoms with Crippen LogP contribution in [0.4, 0.5) is 11.4 Å². The summed E-state index contributed by atoms with van der Waals surface area (Å²) < 4.78 is 5.48. The Labute approximate surface area is 129 Å². The number of amides is 1. The smallest absolute Gasteiger partial charge is 0.293 e. The van der Waals surface area contributed by atoms with Crippen molar-refractivity contribution >= 4 is 17.3 Å². The molecule has 1 saturated heterocycles. The van der Waals surface area contributed by atoms with Crippen LogP contribution in [0.5, 0.6) is 0 Å². The van der Waals surface area contributed by atoms with Crippen molar-refractivity contribution in [3.8, 4) is 0 Å². The molecule has 1 fully saturated rings. The van der Waals surface area contributed by atoms with Gasteiger partial charge in [-0.2, -0.15) is 0 Å². The van der Waals surface area contributed by atoms with E-state index in [4.69, 9.17) is 4.74 Å². The predicted molar refractivity (Wildman–Crippen MR) is 83.2 cm³/mol. The van der Waals surface area contributed by atoms with E-state index in [0.717, 1.165) is 25.9 Å². The van der Waals surface area contributed by atoms with Crippen molar-refractivity contribution in [1.82, 2.24) is 5.32 Å². The zero-order valence-corrected chi connectivity index (χ0v) is 12.6. The molecule has 1 aliphatic heterocycles. The van der Waals surface area contributed by atoms with Crippen LogP contribution in [0.2, 0.25) is 0 Å². The SMILES string of the molecule is CCCNC(=O)c1ccc(NC[C@@H]2CCCO2)c([N+](=O)[O-])c1. The first-order chi connectivity index (χ1) is 10.6. The average molecular weight is 307 g/mol. The molecule has 1 aromatic carbocycles. The van der Waals surface area contributed by atoms with Gasteiger partial charge >= 0.3 is 0 Å². The van der Waals surface area contributed by atoms with Gasteiger partial charge in [-0.05, 0) is 31.4 Å². The van der Waals surface area contributed by atoms with Gasteiger partial charge in [0.2, 0.25) is 0 Å². The van der Waals surface area contributed by atoms with Crippen molar-refractivity contribution in [2.24, 2.45) is 0 Å². The van der Waals surface area contributed by atoms with Crippen molar-refractivity contribution in [2.45, 2.75) is 32.3 Å². The van der Waals surface area contributed by atoms with Gasteiger partial charge in [-0.15, -0.1) is 0 Å². The molecule has 1 heterocycles. The number of rotatable bonds is 7. The zero-order chi connectivity index (χ0) is 15.9. The number of nitrogens with zero attached hydrogens (tertiary/aromatic N) is 1. The maximum Gasteiger partial charge on any atom is 0.293 e. The molecule has 2 N–H and O–H groups in total. The number of carbonyl (C=O) groups excluding carboxylic acids is 1. The number of nitrogens with one attached hydrogen (secondary N) is 2. The molecule has 0 aliphatic carbocycles. The molecule has 0 spiro atoms. The number of hydrogen-bond donors (Lipinski definition) is 2. The Morgan fingerprint density at radius 1 is 1.50 bits per heavy atom. The fraction of sp³-hybridized carbons (Fsp3) is 0.533. The minimum Gasteiger partial charge on any atom is -0.377 e. The summed E-state index contributed by atoms with van der Waals surface area (Å²) in [4.78, 5) is 22.6. The Hall–Kier alpha value is -2.15. The molecule has 1 aromatic rings. The lowest BCUT2D eigenvalue weighted by atomic mass is 10.1. The monoisotopic (exact) mass is 307 g/mol. The molecule has 2 rings (SSSR count). The highest BCUT2D eigenvalue weighted by atomic mass is 16.6. The van der Waals surface area contributed by atoms with Crippen molar-refractivity contribution in [1.29, 1.82) is 0 Å². The van der Waals surface area contributed by atoms with Gasteiger partial charge in [-0.3, -0.25) is 14.9 Å². The standard InChI is InChI=1S/C15H21N3O4/c1-2-7-16-15(19)11-5-6-13(14(9-11)18(20)21)17-10-12-4-3-8-22-12/h5-6,9,12,17H,2-4,7-8,10H2,1H3,(H,16,19)/t12-/m0/s1. The minimum atomic E-state index is -0.478. The lowest BCUT2D eigenvalue weighted by Gasteiger charge is -2.12. The summed E-state index contributed by atoms with van der Waals surface area (Å²) in [6.45, 7) is 3.76. The van der Waals surface area contributed by atoms with Gasteiger partial charge in [0.25, 0.3) is 11.6 Å².